The number of hydrogen-bond acceptors (Lipinski definition) is 3. The molecule has 39 heavy (non-hydrogen) atoms. The number of para-hydroxylation sites is 1. The molecular weight excluding hydrogens is 474 g/mol. The molecule has 3 aromatic rings. The molecule has 5 rings (SSSR count). The van der Waals surface area contributed by atoms with Crippen molar-refractivity contribution in [1.82, 2.24) is 10.2 Å². The first-order chi connectivity index (χ1) is 19.0. The van der Waals surface area contributed by atoms with E-state index >= 15 is 0 Å². The third-order valence-corrected chi connectivity index (χ3v) is 9.04. The Labute approximate surface area is 236 Å². The van der Waals surface area contributed by atoms with Crippen LogP contribution in [-0.2, 0) is 0 Å². The molecule has 1 aliphatic carbocycles. The lowest BCUT2D eigenvalue weighted by atomic mass is 9.77. The average Bonchev–Trinajstić information content (AvgIpc) is 2.97. The number of rotatable bonds is 9. The van der Waals surface area contributed by atoms with Gasteiger partial charge in [0.15, 0.2) is 0 Å². The number of nitrogens with one attached hydrogen (secondary N) is 1. The van der Waals surface area contributed by atoms with Crippen LogP contribution in [0.1, 0.15) is 66.7 Å². The van der Waals surface area contributed by atoms with Crippen LogP contribution >= 0.6 is 0 Å². The van der Waals surface area contributed by atoms with Gasteiger partial charge < -0.3 is 15.1 Å². The minimum atomic E-state index is -0.105. The van der Waals surface area contributed by atoms with E-state index in [0.717, 1.165) is 51.1 Å². The fourth-order valence-electron chi connectivity index (χ4n) is 6.80. The molecule has 2 aliphatic rings. The predicted octanol–water partition coefficient (Wildman–Crippen LogP) is 7.97. The van der Waals surface area contributed by atoms with Gasteiger partial charge in [0.25, 0.3) is 0 Å². The SMILES string of the molecule is C=C(CC(c1ccccc1C)c1ccccc1C)NC1(C(=C)N2CCN(c3ccccc3)CC2)CCCCC1. The summed E-state index contributed by atoms with van der Waals surface area (Å²) in [7, 11) is 0. The molecule has 0 aromatic heterocycles. The maximum Gasteiger partial charge on any atom is 0.0763 e. The first-order valence-corrected chi connectivity index (χ1v) is 14.8. The Hall–Kier alpha value is -3.46. The van der Waals surface area contributed by atoms with Gasteiger partial charge in [-0.2, -0.15) is 0 Å². The summed E-state index contributed by atoms with van der Waals surface area (Å²) in [6.07, 6.45) is 6.92. The quantitative estimate of drug-likeness (QED) is 0.309. The van der Waals surface area contributed by atoms with Crippen LogP contribution in [0.5, 0.6) is 0 Å². The topological polar surface area (TPSA) is 18.5 Å². The van der Waals surface area contributed by atoms with Crippen molar-refractivity contribution in [3.63, 3.8) is 0 Å². The molecule has 0 unspecified atom stereocenters. The molecule has 0 spiro atoms. The summed E-state index contributed by atoms with van der Waals surface area (Å²) in [5.74, 6) is 0.274. The zero-order chi connectivity index (χ0) is 27.2. The number of nitrogens with zero attached hydrogens (tertiary/aromatic N) is 2. The molecule has 1 saturated carbocycles. The number of aryl methyl sites for hydroxylation is 2. The van der Waals surface area contributed by atoms with Crippen molar-refractivity contribution < 1.29 is 0 Å². The number of piperazine rings is 1. The molecule has 3 heteroatoms. The lowest BCUT2D eigenvalue weighted by molar-refractivity contribution is 0.203. The van der Waals surface area contributed by atoms with E-state index in [1.54, 1.807) is 0 Å². The van der Waals surface area contributed by atoms with E-state index in [4.69, 9.17) is 6.58 Å². The van der Waals surface area contributed by atoms with Gasteiger partial charge >= 0.3 is 0 Å². The lowest BCUT2D eigenvalue weighted by Crippen LogP contribution is -2.55. The van der Waals surface area contributed by atoms with Crippen LogP contribution in [0.3, 0.4) is 0 Å². The van der Waals surface area contributed by atoms with Gasteiger partial charge in [-0.3, -0.25) is 0 Å². The molecule has 3 nitrogen and oxygen atoms in total. The minimum absolute atomic E-state index is 0.105. The monoisotopic (exact) mass is 519 g/mol. The molecule has 1 saturated heterocycles. The first kappa shape index (κ1) is 27.1. The van der Waals surface area contributed by atoms with Gasteiger partial charge in [0.2, 0.25) is 0 Å². The van der Waals surface area contributed by atoms with E-state index in [1.165, 1.54) is 52.9 Å². The van der Waals surface area contributed by atoms with E-state index < -0.39 is 0 Å². The second-order valence-electron chi connectivity index (χ2n) is 11.6. The summed E-state index contributed by atoms with van der Waals surface area (Å²) in [6.45, 7) is 17.9. The van der Waals surface area contributed by atoms with E-state index in [1.807, 2.05) is 0 Å². The largest absolute Gasteiger partial charge is 0.378 e. The van der Waals surface area contributed by atoms with Gasteiger partial charge in [-0.1, -0.05) is 99.2 Å². The van der Waals surface area contributed by atoms with Crippen molar-refractivity contribution >= 4 is 5.69 Å². The molecule has 0 amide bonds. The second-order valence-corrected chi connectivity index (χ2v) is 11.6. The molecule has 0 radical (unpaired) electrons. The molecule has 1 heterocycles. The number of hydrogen-bond donors (Lipinski definition) is 1. The molecule has 0 atom stereocenters. The van der Waals surface area contributed by atoms with Crippen molar-refractivity contribution in [3.8, 4) is 0 Å². The molecule has 1 N–H and O–H groups in total. The van der Waals surface area contributed by atoms with E-state index in [0.29, 0.717) is 0 Å². The van der Waals surface area contributed by atoms with E-state index in [-0.39, 0.29) is 11.5 Å². The van der Waals surface area contributed by atoms with Gasteiger partial charge in [-0.25, -0.2) is 0 Å². The van der Waals surface area contributed by atoms with Crippen LogP contribution in [0.15, 0.2) is 103 Å². The average molecular weight is 520 g/mol. The third kappa shape index (κ3) is 6.08. The van der Waals surface area contributed by atoms with Gasteiger partial charge in [0.1, 0.15) is 0 Å². The van der Waals surface area contributed by atoms with Crippen LogP contribution in [0.25, 0.3) is 0 Å². The van der Waals surface area contributed by atoms with Gasteiger partial charge in [-0.05, 0) is 67.5 Å². The smallest absolute Gasteiger partial charge is 0.0763 e. The summed E-state index contributed by atoms with van der Waals surface area (Å²) in [6, 6.07) is 28.5. The van der Waals surface area contributed by atoms with Crippen molar-refractivity contribution in [3.05, 3.63) is 126 Å². The Morgan fingerprint density at radius 1 is 0.744 bits per heavy atom. The highest BCUT2D eigenvalue weighted by Crippen LogP contribution is 2.39. The lowest BCUT2D eigenvalue weighted by Gasteiger charge is -2.48. The molecule has 0 bridgehead atoms. The van der Waals surface area contributed by atoms with Gasteiger partial charge in [0.05, 0.1) is 5.54 Å². The highest BCUT2D eigenvalue weighted by Gasteiger charge is 2.38. The Kier molecular flexibility index (Phi) is 8.45. The van der Waals surface area contributed by atoms with E-state index in [2.05, 4.69) is 114 Å². The molecule has 204 valence electrons. The highest BCUT2D eigenvalue weighted by atomic mass is 15.3. The van der Waals surface area contributed by atoms with Crippen LogP contribution in [0, 0.1) is 13.8 Å². The molecule has 3 aromatic carbocycles. The normalized spacial score (nSPS) is 17.2. The minimum Gasteiger partial charge on any atom is -0.378 e. The highest BCUT2D eigenvalue weighted by molar-refractivity contribution is 5.47. The Morgan fingerprint density at radius 2 is 1.28 bits per heavy atom. The Balaban J connectivity index is 1.33. The fraction of sp³-hybridized carbons (Fsp3) is 0.389. The predicted molar refractivity (Wildman–Crippen MR) is 166 cm³/mol. The van der Waals surface area contributed by atoms with Crippen molar-refractivity contribution in [2.45, 2.75) is 63.8 Å². The fourth-order valence-corrected chi connectivity index (χ4v) is 6.80. The summed E-state index contributed by atoms with van der Waals surface area (Å²) in [4.78, 5) is 5.05. The zero-order valence-corrected chi connectivity index (χ0v) is 24.0. The summed E-state index contributed by atoms with van der Waals surface area (Å²) >= 11 is 0. The van der Waals surface area contributed by atoms with Crippen LogP contribution in [0.2, 0.25) is 0 Å². The zero-order valence-electron chi connectivity index (χ0n) is 24.0. The van der Waals surface area contributed by atoms with Crippen LogP contribution in [0.4, 0.5) is 5.69 Å². The third-order valence-electron chi connectivity index (χ3n) is 9.04. The Morgan fingerprint density at radius 3 is 1.85 bits per heavy atom. The second kappa shape index (κ2) is 12.2. The van der Waals surface area contributed by atoms with Crippen LogP contribution in [-0.4, -0.2) is 36.6 Å². The van der Waals surface area contributed by atoms with Gasteiger partial charge in [0, 0.05) is 49.2 Å². The van der Waals surface area contributed by atoms with Crippen molar-refractivity contribution in [2.24, 2.45) is 0 Å². The van der Waals surface area contributed by atoms with Crippen molar-refractivity contribution in [1.29, 1.82) is 0 Å². The summed E-state index contributed by atoms with van der Waals surface area (Å²) in [5, 5.41) is 4.03. The van der Waals surface area contributed by atoms with Crippen LogP contribution < -0.4 is 10.2 Å². The van der Waals surface area contributed by atoms with Crippen molar-refractivity contribution in [2.75, 3.05) is 31.1 Å². The van der Waals surface area contributed by atoms with Gasteiger partial charge in [-0.15, -0.1) is 0 Å². The summed E-state index contributed by atoms with van der Waals surface area (Å²) in [5.41, 5.74) is 9.06. The molecular formula is C36H45N3. The number of benzene rings is 3. The standard InChI is InChI=1S/C36H45N3/c1-28-15-9-11-19-33(28)35(34-20-12-10-16-29(34)2)27-30(3)37-36(21-13-6-14-22-36)31(4)38-23-25-39(26-24-38)32-17-7-5-8-18-32/h5,7-12,15-20,35,37H,3-4,6,13-14,21-27H2,1-2H3. The molecule has 1 aliphatic heterocycles. The number of anilines is 1. The maximum atomic E-state index is 4.75. The molecule has 2 fully saturated rings. The summed E-state index contributed by atoms with van der Waals surface area (Å²) < 4.78 is 0. The number of allylic oxidation sites excluding steroid dienone is 1. The van der Waals surface area contributed by atoms with E-state index in [9.17, 15) is 0 Å². The first-order valence-electron chi connectivity index (χ1n) is 14.8. The Bertz CT molecular complexity index is 1220. The maximum absolute atomic E-state index is 4.75.